The molecule has 5 atom stereocenters. The average molecular weight is 348 g/mol. The van der Waals surface area contributed by atoms with Gasteiger partial charge in [0.2, 0.25) is 6.29 Å². The monoisotopic (exact) mass is 348 g/mol. The second-order valence-electron chi connectivity index (χ2n) is 9.10. The van der Waals surface area contributed by atoms with Gasteiger partial charge in [-0.25, -0.2) is 4.79 Å². The summed E-state index contributed by atoms with van der Waals surface area (Å²) in [5.41, 5.74) is 2.33. The van der Waals surface area contributed by atoms with Crippen LogP contribution in [0, 0.1) is 10.8 Å². The van der Waals surface area contributed by atoms with Gasteiger partial charge >= 0.3 is 5.97 Å². The van der Waals surface area contributed by atoms with E-state index < -0.39 is 30.1 Å². The van der Waals surface area contributed by atoms with E-state index in [1.807, 2.05) is 6.92 Å². The van der Waals surface area contributed by atoms with Crippen LogP contribution in [0.5, 0.6) is 0 Å². The largest absolute Gasteiger partial charge is 0.429 e. The van der Waals surface area contributed by atoms with Gasteiger partial charge in [0.05, 0.1) is 12.2 Å². The molecule has 5 heteroatoms. The maximum Gasteiger partial charge on any atom is 0.333 e. The predicted molar refractivity (Wildman–Crippen MR) is 91.5 cm³/mol. The molecule has 2 aliphatic heterocycles. The van der Waals surface area contributed by atoms with E-state index in [1.54, 1.807) is 0 Å². The molecule has 25 heavy (non-hydrogen) atoms. The summed E-state index contributed by atoms with van der Waals surface area (Å²) in [6.07, 6.45) is 3.69. The number of carbonyl (C=O) groups excluding carboxylic acids is 1. The molecule has 4 rings (SSSR count). The highest BCUT2D eigenvalue weighted by Gasteiger charge is 2.64. The first-order valence-electron chi connectivity index (χ1n) is 9.27. The molecule has 2 heterocycles. The van der Waals surface area contributed by atoms with Gasteiger partial charge in [0.25, 0.3) is 0 Å². The number of rotatable bonds is 1. The first-order valence-corrected chi connectivity index (χ1v) is 9.27. The first kappa shape index (κ1) is 17.3. The Kier molecular flexibility index (Phi) is 3.57. The van der Waals surface area contributed by atoms with Gasteiger partial charge in [0, 0.05) is 17.1 Å². The van der Waals surface area contributed by atoms with E-state index in [-0.39, 0.29) is 10.8 Å². The molecule has 5 unspecified atom stereocenters. The van der Waals surface area contributed by atoms with Gasteiger partial charge in [-0.1, -0.05) is 31.9 Å². The lowest BCUT2D eigenvalue weighted by molar-refractivity contribution is -0.156. The molecule has 0 saturated carbocycles. The van der Waals surface area contributed by atoms with Crippen molar-refractivity contribution in [3.63, 3.8) is 0 Å². The SMILES string of the molecule is CC1(C)CCCC2=C1CC(O)C1(C)OC(C3=CC(=O)OC3O)CC21C. The van der Waals surface area contributed by atoms with Crippen LogP contribution in [0.15, 0.2) is 22.8 Å². The smallest absolute Gasteiger partial charge is 0.333 e. The van der Waals surface area contributed by atoms with Crippen molar-refractivity contribution >= 4 is 5.97 Å². The van der Waals surface area contributed by atoms with Crippen molar-refractivity contribution in [3.8, 4) is 0 Å². The lowest BCUT2D eigenvalue weighted by Crippen LogP contribution is -2.56. The van der Waals surface area contributed by atoms with Crippen LogP contribution in [0.4, 0.5) is 0 Å². The van der Waals surface area contributed by atoms with Crippen molar-refractivity contribution in [1.29, 1.82) is 0 Å². The highest BCUT2D eigenvalue weighted by molar-refractivity contribution is 5.85. The van der Waals surface area contributed by atoms with Crippen molar-refractivity contribution in [3.05, 3.63) is 22.8 Å². The predicted octanol–water partition coefficient (Wildman–Crippen LogP) is 2.61. The van der Waals surface area contributed by atoms with Crippen LogP contribution in [0.25, 0.3) is 0 Å². The fraction of sp³-hybridized carbons (Fsp3) is 0.750. The molecular weight excluding hydrogens is 320 g/mol. The van der Waals surface area contributed by atoms with Crippen molar-refractivity contribution in [1.82, 2.24) is 0 Å². The Bertz CT molecular complexity index is 690. The fourth-order valence-corrected chi connectivity index (χ4v) is 5.58. The third kappa shape index (κ3) is 2.22. The van der Waals surface area contributed by atoms with Gasteiger partial charge in [0.15, 0.2) is 0 Å². The van der Waals surface area contributed by atoms with E-state index in [9.17, 15) is 15.0 Å². The Labute approximate surface area is 148 Å². The summed E-state index contributed by atoms with van der Waals surface area (Å²) in [7, 11) is 0. The molecule has 0 aromatic rings. The molecule has 0 aromatic heterocycles. The lowest BCUT2D eigenvalue weighted by Gasteiger charge is -2.53. The van der Waals surface area contributed by atoms with E-state index in [1.165, 1.54) is 17.2 Å². The molecule has 4 aliphatic rings. The minimum atomic E-state index is -1.24. The molecule has 0 amide bonds. The molecule has 2 N–H and O–H groups in total. The van der Waals surface area contributed by atoms with Crippen molar-refractivity contribution < 1.29 is 24.5 Å². The summed E-state index contributed by atoms with van der Waals surface area (Å²) in [6.45, 7) is 8.69. The molecule has 138 valence electrons. The van der Waals surface area contributed by atoms with E-state index in [2.05, 4.69) is 20.8 Å². The van der Waals surface area contributed by atoms with Gasteiger partial charge in [-0.15, -0.1) is 0 Å². The highest BCUT2D eigenvalue weighted by atomic mass is 16.6. The zero-order valence-corrected chi connectivity index (χ0v) is 15.5. The molecule has 0 spiro atoms. The lowest BCUT2D eigenvalue weighted by atomic mass is 9.54. The molecule has 2 aliphatic carbocycles. The number of aliphatic hydroxyl groups excluding tert-OH is 2. The van der Waals surface area contributed by atoms with Crippen LogP contribution in [-0.4, -0.2) is 40.3 Å². The van der Waals surface area contributed by atoms with Gasteiger partial charge in [-0.2, -0.15) is 0 Å². The second kappa shape index (κ2) is 5.18. The standard InChI is InChI=1S/C20H28O5/c1-18(2)7-5-6-12-13(18)9-15(21)20(4)19(12,3)10-14(25-20)11-8-16(22)24-17(11)23/h8,14-15,17,21,23H,5-7,9-10H2,1-4H3. The Hall–Kier alpha value is -1.17. The second-order valence-corrected chi connectivity index (χ2v) is 9.10. The Morgan fingerprint density at radius 3 is 2.52 bits per heavy atom. The maximum atomic E-state index is 11.5. The summed E-state index contributed by atoms with van der Waals surface area (Å²) in [5, 5.41) is 21.1. The first-order chi connectivity index (χ1) is 11.6. The molecule has 5 nitrogen and oxygen atoms in total. The van der Waals surface area contributed by atoms with E-state index in [4.69, 9.17) is 9.47 Å². The van der Waals surface area contributed by atoms with E-state index >= 15 is 0 Å². The summed E-state index contributed by atoms with van der Waals surface area (Å²) < 4.78 is 11.2. The number of fused-ring (bicyclic) bond motifs is 2. The molecule has 0 aromatic carbocycles. The van der Waals surface area contributed by atoms with Gasteiger partial charge in [-0.05, 0) is 44.4 Å². The number of cyclic esters (lactones) is 1. The summed E-state index contributed by atoms with van der Waals surface area (Å²) in [4.78, 5) is 11.5. The highest BCUT2D eigenvalue weighted by Crippen LogP contribution is 2.63. The van der Waals surface area contributed by atoms with Crippen LogP contribution < -0.4 is 0 Å². The number of esters is 1. The van der Waals surface area contributed by atoms with Crippen LogP contribution in [-0.2, 0) is 14.3 Å². The number of hydrogen-bond acceptors (Lipinski definition) is 5. The molecular formula is C20H28O5. The zero-order valence-electron chi connectivity index (χ0n) is 15.5. The van der Waals surface area contributed by atoms with Gasteiger partial charge in [0.1, 0.15) is 5.60 Å². The van der Waals surface area contributed by atoms with Crippen LogP contribution in [0.1, 0.15) is 59.8 Å². The van der Waals surface area contributed by atoms with Crippen LogP contribution in [0.2, 0.25) is 0 Å². The molecule has 1 saturated heterocycles. The Morgan fingerprint density at radius 2 is 1.88 bits per heavy atom. The number of ether oxygens (including phenoxy) is 2. The number of aliphatic hydroxyl groups is 2. The van der Waals surface area contributed by atoms with Crippen molar-refractivity contribution in [2.75, 3.05) is 0 Å². The van der Waals surface area contributed by atoms with Crippen molar-refractivity contribution in [2.24, 2.45) is 10.8 Å². The topological polar surface area (TPSA) is 76.0 Å². The third-order valence-corrected chi connectivity index (χ3v) is 7.35. The molecule has 0 radical (unpaired) electrons. The minimum Gasteiger partial charge on any atom is -0.429 e. The number of carbonyl (C=O) groups is 1. The Morgan fingerprint density at radius 1 is 1.16 bits per heavy atom. The minimum absolute atomic E-state index is 0.0994. The van der Waals surface area contributed by atoms with E-state index in [0.29, 0.717) is 18.4 Å². The normalized spacial score (nSPS) is 45.8. The number of hydrogen-bond donors (Lipinski definition) is 2. The zero-order chi connectivity index (χ0) is 18.2. The fourth-order valence-electron chi connectivity index (χ4n) is 5.58. The van der Waals surface area contributed by atoms with Crippen molar-refractivity contribution in [2.45, 2.75) is 83.9 Å². The van der Waals surface area contributed by atoms with Gasteiger partial charge in [-0.3, -0.25) is 0 Å². The van der Waals surface area contributed by atoms with Gasteiger partial charge < -0.3 is 19.7 Å². The molecule has 1 fully saturated rings. The summed E-state index contributed by atoms with van der Waals surface area (Å²) in [6, 6.07) is 0. The van der Waals surface area contributed by atoms with Crippen LogP contribution >= 0.6 is 0 Å². The summed E-state index contributed by atoms with van der Waals surface area (Å²) in [5.74, 6) is -0.532. The average Bonchev–Trinajstić information content (AvgIpc) is 2.99. The summed E-state index contributed by atoms with van der Waals surface area (Å²) >= 11 is 0. The van der Waals surface area contributed by atoms with Crippen LogP contribution in [0.3, 0.4) is 0 Å². The third-order valence-electron chi connectivity index (χ3n) is 7.35. The van der Waals surface area contributed by atoms with E-state index in [0.717, 1.165) is 19.3 Å². The quantitative estimate of drug-likeness (QED) is 0.563. The maximum absolute atomic E-state index is 11.5. The molecule has 0 bridgehead atoms. The Balaban J connectivity index is 1.78.